The third-order valence-corrected chi connectivity index (χ3v) is 22.3. The first kappa shape index (κ1) is 81.5. The molecule has 6 rings (SSSR count). The zero-order valence-corrected chi connectivity index (χ0v) is 60.7. The summed E-state index contributed by atoms with van der Waals surface area (Å²) in [5.41, 5.74) is -1.59. The molecule has 0 bridgehead atoms. The quantitative estimate of drug-likeness (QED) is 0.160. The maximum Gasteiger partial charge on any atom is 0.393 e. The van der Waals surface area contributed by atoms with E-state index < -0.39 is 199 Å². The van der Waals surface area contributed by atoms with Gasteiger partial charge in [0.1, 0.15) is 47.8 Å². The van der Waals surface area contributed by atoms with Crippen molar-refractivity contribution in [3.63, 3.8) is 0 Å². The average molecular weight is 1430 g/mol. The molecule has 0 aromatic rings. The van der Waals surface area contributed by atoms with Crippen molar-refractivity contribution in [2.45, 2.75) is 248 Å². The van der Waals surface area contributed by atoms with Gasteiger partial charge in [-0.05, 0) is 126 Å². The van der Waals surface area contributed by atoms with E-state index in [1.54, 1.807) is 18.7 Å². The van der Waals surface area contributed by atoms with Crippen molar-refractivity contribution in [3.8, 4) is 0 Å². The summed E-state index contributed by atoms with van der Waals surface area (Å²) in [7, 11) is 9.28. The number of nitrogens with zero attached hydrogens (tertiary/aromatic N) is 9. The Hall–Kier alpha value is -6.42. The van der Waals surface area contributed by atoms with Crippen LogP contribution >= 0.6 is 11.6 Å². The van der Waals surface area contributed by atoms with Gasteiger partial charge in [-0.2, -0.15) is 13.2 Å². The third-order valence-electron chi connectivity index (χ3n) is 21.8. The van der Waals surface area contributed by atoms with E-state index in [0.29, 0.717) is 64.5 Å². The molecule has 3 aliphatic heterocycles. The van der Waals surface area contributed by atoms with Crippen molar-refractivity contribution in [1.29, 1.82) is 0 Å². The number of hydrogen-bond acceptors (Lipinski definition) is 12. The van der Waals surface area contributed by atoms with Crippen molar-refractivity contribution in [2.24, 2.45) is 29.6 Å². The van der Waals surface area contributed by atoms with Crippen LogP contribution in [0.5, 0.6) is 0 Å². The molecule has 12 amide bonds. The van der Waals surface area contributed by atoms with Crippen LogP contribution in [0.15, 0.2) is 0 Å². The molecule has 3 unspecified atom stereocenters. The fourth-order valence-corrected chi connectivity index (χ4v) is 15.9. The summed E-state index contributed by atoms with van der Waals surface area (Å²) in [6.45, 7) is 5.79. The summed E-state index contributed by atoms with van der Waals surface area (Å²) < 4.78 is 69.8. The van der Waals surface area contributed by atoms with Gasteiger partial charge in [0.05, 0.1) is 32.0 Å². The summed E-state index contributed by atoms with van der Waals surface area (Å²) in [6.07, 6.45) is -2.00. The molecule has 3 aliphatic carbocycles. The van der Waals surface area contributed by atoms with Gasteiger partial charge in [-0.25, -0.2) is 8.78 Å². The van der Waals surface area contributed by atoms with Gasteiger partial charge in [0, 0.05) is 80.8 Å². The maximum atomic E-state index is 15.8. The maximum absolute atomic E-state index is 15.8. The Morgan fingerprint density at radius 2 is 1.21 bits per heavy atom. The van der Waals surface area contributed by atoms with Gasteiger partial charge in [-0.15, -0.1) is 11.6 Å². The van der Waals surface area contributed by atoms with Crippen LogP contribution in [0.25, 0.3) is 0 Å². The van der Waals surface area contributed by atoms with E-state index in [1.807, 2.05) is 13.8 Å². The first-order valence-electron chi connectivity index (χ1n) is 35.8. The number of hydrogen-bond donors (Lipinski definition) is 3. The topological polar surface area (TPSA) is 270 Å². The zero-order valence-electron chi connectivity index (χ0n) is 60.0. The van der Waals surface area contributed by atoms with Crippen LogP contribution in [0.3, 0.4) is 0 Å². The van der Waals surface area contributed by atoms with Gasteiger partial charge in [-0.1, -0.05) is 66.2 Å². The standard InChI is InChI=1S/C69H110ClF5N12O12/c1-12-43(4)58-65(97)81(7)40-56(90)79(5)41-57(91)82(8)50(29-30-53(71)72)63(95)80(6)39-54(88)76-48(28-26-44-25-27-46(47(70)37-44)69(73,74)75)62(94)87-35-21-24-49(87)61(93)78-68(31-17-18-32-68)67(99)85(11)59(45-22-15-13-16-23-45)66(98)84(10)52(64(96)86-33-19-14-20-34-86)38-55(89)83(9)51(36-42(2)3)60(92)77-58/h42-53,58-59H,12-41H2,1-11H3,(H,76,88)(H,77,92)(H,78,93)/t43-,44?,46?,47?,48-,49-,50-,51-,52-,58-,59-/m0/s1. The summed E-state index contributed by atoms with van der Waals surface area (Å²) >= 11 is 6.35. The second kappa shape index (κ2) is 36.4. The Labute approximate surface area is 585 Å². The molecule has 99 heavy (non-hydrogen) atoms. The molecule has 1 spiro atoms. The van der Waals surface area contributed by atoms with Crippen LogP contribution < -0.4 is 16.0 Å². The summed E-state index contributed by atoms with van der Waals surface area (Å²) in [5, 5.41) is 7.33. The molecule has 30 heteroatoms. The highest BCUT2D eigenvalue weighted by atomic mass is 35.5. The summed E-state index contributed by atoms with van der Waals surface area (Å²) in [6, 6.07) is -9.36. The van der Waals surface area contributed by atoms with Gasteiger partial charge >= 0.3 is 6.18 Å². The SMILES string of the molecule is CC[C@H](C)[C@@H]1NC(=O)[C@H](CC(C)C)N(C)C(=O)C[C@@H](C(=O)N2CCCCC2)N(C)C(=O)[C@H](C2CCCCC2)N(C)C(=O)C2(CCCC2)NC(=O)[C@@H]2CCCN2C(=O)[C@H](CCC2CCC(C(F)(F)F)C(Cl)C2)NC(=O)CN(C)C(=O)[C@H](CCC(F)F)N(C)C(=O)CN(C)C(=O)CN(C)C1=O. The molecule has 24 nitrogen and oxygen atoms in total. The average Bonchev–Trinajstić information content (AvgIpc) is 1.76. The summed E-state index contributed by atoms with van der Waals surface area (Å²) in [4.78, 5) is 188. The molecule has 3 saturated carbocycles. The number of carbonyl (C=O) groups is 12. The number of halogens is 6. The number of alkyl halides is 6. The van der Waals surface area contributed by atoms with Crippen molar-refractivity contribution < 1.29 is 79.5 Å². The highest BCUT2D eigenvalue weighted by molar-refractivity contribution is 6.21. The molecule has 560 valence electrons. The fourth-order valence-electron chi connectivity index (χ4n) is 15.4. The Bertz CT molecular complexity index is 2860. The Morgan fingerprint density at radius 3 is 1.81 bits per heavy atom. The highest BCUT2D eigenvalue weighted by Gasteiger charge is 2.52. The number of likely N-dealkylation sites (N-methyl/N-ethyl adjacent to an activating group) is 7. The van der Waals surface area contributed by atoms with Crippen LogP contribution in [0.1, 0.15) is 182 Å². The number of fused-ring (bicyclic) bond motifs is 1. The van der Waals surface area contributed by atoms with Crippen molar-refractivity contribution >= 4 is 82.5 Å². The van der Waals surface area contributed by atoms with Gasteiger partial charge in [0.15, 0.2) is 0 Å². The lowest BCUT2D eigenvalue weighted by molar-refractivity contribution is -0.182. The van der Waals surface area contributed by atoms with Crippen molar-refractivity contribution in [2.75, 3.05) is 88.6 Å². The van der Waals surface area contributed by atoms with Gasteiger partial charge in [0.25, 0.3) is 0 Å². The molecule has 3 saturated heterocycles. The van der Waals surface area contributed by atoms with Crippen molar-refractivity contribution in [3.05, 3.63) is 0 Å². The normalized spacial score (nSPS) is 29.2. The number of carbonyl (C=O) groups excluding carboxylic acids is 12. The largest absolute Gasteiger partial charge is 0.393 e. The van der Waals surface area contributed by atoms with Crippen LogP contribution in [-0.4, -0.2) is 269 Å². The van der Waals surface area contributed by atoms with Crippen LogP contribution in [0, 0.1) is 29.6 Å². The fraction of sp³-hybridized carbons (Fsp3) is 0.826. The lowest BCUT2D eigenvalue weighted by Gasteiger charge is -2.43. The molecule has 3 N–H and O–H groups in total. The van der Waals surface area contributed by atoms with Gasteiger partial charge in [0.2, 0.25) is 77.3 Å². The second-order valence-corrected chi connectivity index (χ2v) is 30.0. The lowest BCUT2D eigenvalue weighted by Crippen LogP contribution is -2.65. The number of piperidine rings is 1. The molecule has 0 aromatic carbocycles. The minimum atomic E-state index is -4.54. The molecule has 6 aliphatic rings. The molecule has 3 heterocycles. The van der Waals surface area contributed by atoms with E-state index in [0.717, 1.165) is 45.3 Å². The molecule has 6 fully saturated rings. The van der Waals surface area contributed by atoms with Crippen LogP contribution in [0.2, 0.25) is 0 Å². The molecular weight excluding hydrogens is 1320 g/mol. The first-order chi connectivity index (χ1) is 46.5. The van der Waals surface area contributed by atoms with E-state index in [9.17, 15) is 50.7 Å². The molecular formula is C69H110ClF5N12O12. The minimum Gasteiger partial charge on any atom is -0.343 e. The van der Waals surface area contributed by atoms with E-state index in [2.05, 4.69) is 16.0 Å². The second-order valence-electron chi connectivity index (χ2n) is 29.5. The summed E-state index contributed by atoms with van der Waals surface area (Å²) in [5.74, 6) is -12.1. The Balaban J connectivity index is 1.42. The van der Waals surface area contributed by atoms with Crippen LogP contribution in [0.4, 0.5) is 22.0 Å². The first-order valence-corrected chi connectivity index (χ1v) is 36.3. The molecule has 0 radical (unpaired) electrons. The number of rotatable bonds is 12. The minimum absolute atomic E-state index is 0.00917. The highest BCUT2D eigenvalue weighted by Crippen LogP contribution is 2.44. The Morgan fingerprint density at radius 1 is 0.606 bits per heavy atom. The lowest BCUT2D eigenvalue weighted by atomic mass is 9.78. The van der Waals surface area contributed by atoms with E-state index in [-0.39, 0.29) is 70.3 Å². The number of nitrogens with one attached hydrogen (secondary N) is 3. The molecule has 11 atom stereocenters. The monoisotopic (exact) mass is 1430 g/mol. The number of likely N-dealkylation sites (tertiary alicyclic amines) is 1. The predicted octanol–water partition coefficient (Wildman–Crippen LogP) is 5.56. The third kappa shape index (κ3) is 21.1. The van der Waals surface area contributed by atoms with Gasteiger partial charge < -0.3 is 60.0 Å². The zero-order chi connectivity index (χ0) is 73.5. The van der Waals surface area contributed by atoms with E-state index >= 15 is 28.8 Å². The predicted molar refractivity (Wildman–Crippen MR) is 359 cm³/mol. The smallest absolute Gasteiger partial charge is 0.343 e. The van der Waals surface area contributed by atoms with E-state index in [1.165, 1.54) is 68.9 Å². The van der Waals surface area contributed by atoms with Crippen LogP contribution in [-0.2, 0) is 57.5 Å². The molecule has 0 aromatic heterocycles. The Kier molecular flexibility index (Phi) is 30.0. The van der Waals surface area contributed by atoms with Crippen molar-refractivity contribution in [1.82, 2.24) is 60.0 Å². The van der Waals surface area contributed by atoms with Gasteiger partial charge in [-0.3, -0.25) is 57.5 Å². The number of amides is 12. The van der Waals surface area contributed by atoms with E-state index in [4.69, 9.17) is 11.6 Å².